The molecule has 1 heterocycles. The Labute approximate surface area is 128 Å². The molecule has 1 saturated carbocycles. The van der Waals surface area contributed by atoms with Gasteiger partial charge in [-0.25, -0.2) is 0 Å². The van der Waals surface area contributed by atoms with Crippen molar-refractivity contribution in [3.63, 3.8) is 0 Å². The molecule has 2 N–H and O–H groups in total. The van der Waals surface area contributed by atoms with Gasteiger partial charge in [-0.3, -0.25) is 4.79 Å². The zero-order valence-corrected chi connectivity index (χ0v) is 13.2. The van der Waals surface area contributed by atoms with Gasteiger partial charge in [0.1, 0.15) is 0 Å². The number of nitrogens with two attached hydrogens (primary N) is 1. The number of carbonyl (C=O) groups is 1. The molecular weight excluding hydrogens is 316 g/mol. The smallest absolute Gasteiger partial charge is 0.226 e. The van der Waals surface area contributed by atoms with Crippen LogP contribution in [-0.2, 0) is 17.8 Å². The molecule has 1 fully saturated rings. The van der Waals surface area contributed by atoms with E-state index in [9.17, 15) is 4.79 Å². The van der Waals surface area contributed by atoms with Crippen LogP contribution in [0.5, 0.6) is 0 Å². The summed E-state index contributed by atoms with van der Waals surface area (Å²) in [6.45, 7) is 1.58. The topological polar surface area (TPSA) is 46.3 Å². The van der Waals surface area contributed by atoms with Gasteiger partial charge in [0.2, 0.25) is 5.91 Å². The third-order valence-corrected chi connectivity index (χ3v) is 5.33. The van der Waals surface area contributed by atoms with E-state index in [1.165, 1.54) is 15.6 Å². The SMILES string of the molecule is NC1CCCC(C(=O)N2CCc3c(Br)cccc3C2)C1. The van der Waals surface area contributed by atoms with Gasteiger partial charge in [-0.05, 0) is 42.9 Å². The Bertz CT molecular complexity index is 517. The maximum absolute atomic E-state index is 12.7. The minimum Gasteiger partial charge on any atom is -0.338 e. The highest BCUT2D eigenvalue weighted by Gasteiger charge is 2.30. The minimum atomic E-state index is 0.146. The van der Waals surface area contributed by atoms with Gasteiger partial charge in [0.05, 0.1) is 0 Å². The molecule has 108 valence electrons. The molecule has 1 aliphatic heterocycles. The van der Waals surface area contributed by atoms with Crippen molar-refractivity contribution in [3.05, 3.63) is 33.8 Å². The zero-order valence-electron chi connectivity index (χ0n) is 11.6. The highest BCUT2D eigenvalue weighted by atomic mass is 79.9. The largest absolute Gasteiger partial charge is 0.338 e. The van der Waals surface area contributed by atoms with Crippen molar-refractivity contribution < 1.29 is 4.79 Å². The molecule has 3 rings (SSSR count). The van der Waals surface area contributed by atoms with Crippen LogP contribution in [0.4, 0.5) is 0 Å². The Kier molecular flexibility index (Phi) is 4.13. The molecule has 1 amide bonds. The van der Waals surface area contributed by atoms with Crippen LogP contribution in [0.15, 0.2) is 22.7 Å². The first-order valence-electron chi connectivity index (χ1n) is 7.46. The molecule has 1 aromatic carbocycles. The van der Waals surface area contributed by atoms with Crippen LogP contribution < -0.4 is 5.73 Å². The summed E-state index contributed by atoms with van der Waals surface area (Å²) in [7, 11) is 0. The average Bonchev–Trinajstić information content (AvgIpc) is 2.46. The van der Waals surface area contributed by atoms with Crippen molar-refractivity contribution in [2.75, 3.05) is 6.54 Å². The lowest BCUT2D eigenvalue weighted by molar-refractivity contribution is -0.137. The van der Waals surface area contributed by atoms with Gasteiger partial charge in [0, 0.05) is 29.5 Å². The van der Waals surface area contributed by atoms with E-state index >= 15 is 0 Å². The maximum atomic E-state index is 12.7. The van der Waals surface area contributed by atoms with Crippen molar-refractivity contribution in [2.45, 2.75) is 44.7 Å². The average molecular weight is 337 g/mol. The molecular formula is C16H21BrN2O. The van der Waals surface area contributed by atoms with Gasteiger partial charge >= 0.3 is 0 Å². The predicted octanol–water partition coefficient (Wildman–Crippen LogP) is 2.85. The molecule has 2 aliphatic rings. The number of hydrogen-bond acceptors (Lipinski definition) is 2. The second kappa shape index (κ2) is 5.86. The van der Waals surface area contributed by atoms with Crippen LogP contribution in [0, 0.1) is 5.92 Å². The summed E-state index contributed by atoms with van der Waals surface area (Å²) >= 11 is 3.60. The lowest BCUT2D eigenvalue weighted by Crippen LogP contribution is -2.43. The lowest BCUT2D eigenvalue weighted by atomic mass is 9.84. The van der Waals surface area contributed by atoms with Crippen LogP contribution >= 0.6 is 15.9 Å². The number of hydrogen-bond donors (Lipinski definition) is 1. The molecule has 0 aromatic heterocycles. The Morgan fingerprint density at radius 3 is 3.00 bits per heavy atom. The monoisotopic (exact) mass is 336 g/mol. The number of nitrogens with zero attached hydrogens (tertiary/aromatic N) is 1. The standard InChI is InChI=1S/C16H21BrN2O/c17-15-6-2-4-12-10-19(8-7-14(12)15)16(20)11-3-1-5-13(18)9-11/h2,4,6,11,13H,1,3,5,7-10,18H2. The summed E-state index contributed by atoms with van der Waals surface area (Å²) in [5.74, 6) is 0.457. The fourth-order valence-electron chi connectivity index (χ4n) is 3.46. The molecule has 0 spiro atoms. The second-order valence-electron chi connectivity index (χ2n) is 6.01. The summed E-state index contributed by atoms with van der Waals surface area (Å²) in [5.41, 5.74) is 8.65. The molecule has 4 heteroatoms. The molecule has 2 atom stereocenters. The van der Waals surface area contributed by atoms with Crippen molar-refractivity contribution in [2.24, 2.45) is 11.7 Å². The van der Waals surface area contributed by atoms with Gasteiger partial charge in [0.25, 0.3) is 0 Å². The zero-order chi connectivity index (χ0) is 14.1. The van der Waals surface area contributed by atoms with Crippen LogP contribution in [0.2, 0.25) is 0 Å². The van der Waals surface area contributed by atoms with E-state index in [1.807, 2.05) is 11.0 Å². The van der Waals surface area contributed by atoms with Crippen LogP contribution in [0.1, 0.15) is 36.8 Å². The summed E-state index contributed by atoms with van der Waals surface area (Å²) in [6.07, 6.45) is 4.98. The molecule has 20 heavy (non-hydrogen) atoms. The van der Waals surface area contributed by atoms with E-state index < -0.39 is 0 Å². The highest BCUT2D eigenvalue weighted by molar-refractivity contribution is 9.10. The summed E-state index contributed by atoms with van der Waals surface area (Å²) in [6, 6.07) is 6.47. The molecule has 0 bridgehead atoms. The Hall–Kier alpha value is -0.870. The predicted molar refractivity (Wildman–Crippen MR) is 83.2 cm³/mol. The quantitative estimate of drug-likeness (QED) is 0.857. The van der Waals surface area contributed by atoms with Gasteiger partial charge in [-0.15, -0.1) is 0 Å². The first-order chi connectivity index (χ1) is 9.65. The van der Waals surface area contributed by atoms with Gasteiger partial charge in [-0.1, -0.05) is 34.5 Å². The molecule has 0 radical (unpaired) electrons. The number of rotatable bonds is 1. The third-order valence-electron chi connectivity index (χ3n) is 4.58. The van der Waals surface area contributed by atoms with E-state index in [1.54, 1.807) is 0 Å². The fourth-order valence-corrected chi connectivity index (χ4v) is 4.07. The fraction of sp³-hybridized carbons (Fsp3) is 0.562. The molecule has 2 unspecified atom stereocenters. The maximum Gasteiger partial charge on any atom is 0.226 e. The molecule has 3 nitrogen and oxygen atoms in total. The van der Waals surface area contributed by atoms with E-state index in [4.69, 9.17) is 5.73 Å². The third kappa shape index (κ3) is 2.77. The minimum absolute atomic E-state index is 0.146. The molecule has 1 aliphatic carbocycles. The van der Waals surface area contributed by atoms with Gasteiger partial charge in [-0.2, -0.15) is 0 Å². The summed E-state index contributed by atoms with van der Waals surface area (Å²) in [4.78, 5) is 14.7. The van der Waals surface area contributed by atoms with Crippen LogP contribution in [0.3, 0.4) is 0 Å². The van der Waals surface area contributed by atoms with E-state index in [-0.39, 0.29) is 12.0 Å². The van der Waals surface area contributed by atoms with E-state index in [2.05, 4.69) is 28.1 Å². The normalized spacial score (nSPS) is 26.2. The van der Waals surface area contributed by atoms with E-state index in [0.29, 0.717) is 5.91 Å². The van der Waals surface area contributed by atoms with Crippen molar-refractivity contribution >= 4 is 21.8 Å². The van der Waals surface area contributed by atoms with Crippen molar-refractivity contribution in [3.8, 4) is 0 Å². The number of fused-ring (bicyclic) bond motifs is 1. The first kappa shape index (κ1) is 14.1. The number of benzene rings is 1. The highest BCUT2D eigenvalue weighted by Crippen LogP contribution is 2.30. The Morgan fingerprint density at radius 1 is 1.35 bits per heavy atom. The van der Waals surface area contributed by atoms with Gasteiger partial charge < -0.3 is 10.6 Å². The first-order valence-corrected chi connectivity index (χ1v) is 8.25. The summed E-state index contributed by atoms with van der Waals surface area (Å²) < 4.78 is 1.17. The number of carbonyl (C=O) groups excluding carboxylic acids is 1. The van der Waals surface area contributed by atoms with Crippen LogP contribution in [-0.4, -0.2) is 23.4 Å². The molecule has 0 saturated heterocycles. The Morgan fingerprint density at radius 2 is 2.20 bits per heavy atom. The number of halogens is 1. The number of amides is 1. The van der Waals surface area contributed by atoms with Gasteiger partial charge in [0.15, 0.2) is 0 Å². The summed E-state index contributed by atoms with van der Waals surface area (Å²) in [5, 5.41) is 0. The molecule has 1 aromatic rings. The lowest BCUT2D eigenvalue weighted by Gasteiger charge is -2.34. The van der Waals surface area contributed by atoms with Crippen molar-refractivity contribution in [1.82, 2.24) is 4.90 Å². The van der Waals surface area contributed by atoms with E-state index in [0.717, 1.165) is 45.2 Å². The van der Waals surface area contributed by atoms with Crippen molar-refractivity contribution in [1.29, 1.82) is 0 Å². The second-order valence-corrected chi connectivity index (χ2v) is 6.87. The Balaban J connectivity index is 1.72. The van der Waals surface area contributed by atoms with Crippen LogP contribution in [0.25, 0.3) is 0 Å².